The highest BCUT2D eigenvalue weighted by Crippen LogP contribution is 2.22. The third-order valence-corrected chi connectivity index (χ3v) is 3.21. The summed E-state index contributed by atoms with van der Waals surface area (Å²) in [5.41, 5.74) is 0.931. The SMILES string of the molecule is OC1CCOCC1Cc1ccc(F)c(Cl)c1. The third-order valence-electron chi connectivity index (χ3n) is 2.92. The molecule has 1 fully saturated rings. The fourth-order valence-electron chi connectivity index (χ4n) is 1.95. The molecule has 16 heavy (non-hydrogen) atoms. The van der Waals surface area contributed by atoms with Gasteiger partial charge in [-0.25, -0.2) is 4.39 Å². The lowest BCUT2D eigenvalue weighted by Gasteiger charge is -2.27. The molecule has 0 bridgehead atoms. The van der Waals surface area contributed by atoms with Crippen LogP contribution in [0.3, 0.4) is 0 Å². The number of benzene rings is 1. The van der Waals surface area contributed by atoms with Crippen molar-refractivity contribution in [3.63, 3.8) is 0 Å². The Balaban J connectivity index is 2.05. The van der Waals surface area contributed by atoms with Crippen LogP contribution in [-0.4, -0.2) is 24.4 Å². The van der Waals surface area contributed by atoms with Gasteiger partial charge in [0.25, 0.3) is 0 Å². The van der Waals surface area contributed by atoms with Gasteiger partial charge in [0, 0.05) is 12.5 Å². The lowest BCUT2D eigenvalue weighted by Crippen LogP contribution is -2.33. The van der Waals surface area contributed by atoms with Crippen LogP contribution in [0.25, 0.3) is 0 Å². The highest BCUT2D eigenvalue weighted by molar-refractivity contribution is 6.30. The van der Waals surface area contributed by atoms with E-state index in [0.717, 1.165) is 5.56 Å². The van der Waals surface area contributed by atoms with Crippen molar-refractivity contribution in [2.75, 3.05) is 13.2 Å². The monoisotopic (exact) mass is 244 g/mol. The first-order valence-corrected chi connectivity index (χ1v) is 5.74. The summed E-state index contributed by atoms with van der Waals surface area (Å²) in [6.45, 7) is 1.16. The zero-order valence-corrected chi connectivity index (χ0v) is 9.58. The maximum absolute atomic E-state index is 12.9. The van der Waals surface area contributed by atoms with Crippen LogP contribution in [0.2, 0.25) is 5.02 Å². The first-order chi connectivity index (χ1) is 7.66. The van der Waals surface area contributed by atoms with Gasteiger partial charge in [-0.2, -0.15) is 0 Å². The highest BCUT2D eigenvalue weighted by Gasteiger charge is 2.23. The Kier molecular flexibility index (Phi) is 3.79. The Morgan fingerprint density at radius 3 is 3.00 bits per heavy atom. The molecule has 0 radical (unpaired) electrons. The van der Waals surface area contributed by atoms with Crippen molar-refractivity contribution < 1.29 is 14.2 Å². The van der Waals surface area contributed by atoms with Crippen LogP contribution in [0, 0.1) is 11.7 Å². The number of halogens is 2. The van der Waals surface area contributed by atoms with Crippen molar-refractivity contribution in [1.82, 2.24) is 0 Å². The topological polar surface area (TPSA) is 29.5 Å². The van der Waals surface area contributed by atoms with Gasteiger partial charge in [0.1, 0.15) is 5.82 Å². The van der Waals surface area contributed by atoms with Gasteiger partial charge in [-0.1, -0.05) is 17.7 Å². The van der Waals surface area contributed by atoms with Crippen LogP contribution in [-0.2, 0) is 11.2 Å². The fourth-order valence-corrected chi connectivity index (χ4v) is 2.15. The molecule has 0 aromatic heterocycles. The molecule has 1 aliphatic heterocycles. The number of hydrogen-bond donors (Lipinski definition) is 1. The zero-order valence-electron chi connectivity index (χ0n) is 8.83. The minimum absolute atomic E-state index is 0.0790. The molecule has 1 N–H and O–H groups in total. The molecule has 0 saturated carbocycles. The minimum atomic E-state index is -0.411. The van der Waals surface area contributed by atoms with Gasteiger partial charge in [0.2, 0.25) is 0 Å². The number of aliphatic hydroxyl groups is 1. The summed E-state index contributed by atoms with van der Waals surface area (Å²) in [5, 5.41) is 9.90. The van der Waals surface area contributed by atoms with E-state index in [1.54, 1.807) is 12.1 Å². The standard InChI is InChI=1S/C12H14ClFO2/c13-10-6-8(1-2-11(10)14)5-9-7-16-4-3-12(9)15/h1-2,6,9,12,15H,3-5,7H2. The van der Waals surface area contributed by atoms with Crippen LogP contribution in [0.4, 0.5) is 4.39 Å². The van der Waals surface area contributed by atoms with Crippen LogP contribution in [0.1, 0.15) is 12.0 Å². The first kappa shape index (κ1) is 11.8. The Bertz CT molecular complexity index is 370. The van der Waals surface area contributed by atoms with Crippen LogP contribution >= 0.6 is 11.6 Å². The number of hydrogen-bond acceptors (Lipinski definition) is 2. The molecular weight excluding hydrogens is 231 g/mol. The van der Waals surface area contributed by atoms with E-state index in [-0.39, 0.29) is 17.0 Å². The largest absolute Gasteiger partial charge is 0.393 e. The van der Waals surface area contributed by atoms with E-state index in [9.17, 15) is 9.50 Å². The molecule has 88 valence electrons. The van der Waals surface area contributed by atoms with Gasteiger partial charge in [0.05, 0.1) is 17.7 Å². The van der Waals surface area contributed by atoms with Crippen molar-refractivity contribution >= 4 is 11.6 Å². The molecule has 0 spiro atoms. The van der Waals surface area contributed by atoms with Gasteiger partial charge in [-0.05, 0) is 30.5 Å². The van der Waals surface area contributed by atoms with Crippen LogP contribution in [0.15, 0.2) is 18.2 Å². The lowest BCUT2D eigenvalue weighted by atomic mass is 9.91. The number of rotatable bonds is 2. The first-order valence-electron chi connectivity index (χ1n) is 5.36. The molecule has 2 nitrogen and oxygen atoms in total. The molecule has 0 amide bonds. The highest BCUT2D eigenvalue weighted by atomic mass is 35.5. The zero-order chi connectivity index (χ0) is 11.5. The Morgan fingerprint density at radius 1 is 1.50 bits per heavy atom. The van der Waals surface area contributed by atoms with E-state index < -0.39 is 5.82 Å². The van der Waals surface area contributed by atoms with E-state index in [4.69, 9.17) is 16.3 Å². The van der Waals surface area contributed by atoms with Crippen molar-refractivity contribution in [3.8, 4) is 0 Å². The van der Waals surface area contributed by atoms with E-state index in [1.807, 2.05) is 0 Å². The summed E-state index contributed by atoms with van der Waals surface area (Å²) in [6, 6.07) is 4.66. The molecule has 2 unspecified atom stereocenters. The van der Waals surface area contributed by atoms with Crippen molar-refractivity contribution in [2.45, 2.75) is 18.9 Å². The van der Waals surface area contributed by atoms with Gasteiger partial charge in [-0.3, -0.25) is 0 Å². The molecule has 1 aromatic rings. The second-order valence-corrected chi connectivity index (χ2v) is 4.55. The summed E-state index contributed by atoms with van der Waals surface area (Å²) in [6.07, 6.45) is 0.999. The fraction of sp³-hybridized carbons (Fsp3) is 0.500. The Morgan fingerprint density at radius 2 is 2.31 bits per heavy atom. The second kappa shape index (κ2) is 5.13. The summed E-state index contributed by atoms with van der Waals surface area (Å²) >= 11 is 5.70. The average molecular weight is 245 g/mol. The maximum Gasteiger partial charge on any atom is 0.141 e. The van der Waals surface area contributed by atoms with Crippen LogP contribution in [0.5, 0.6) is 0 Å². The van der Waals surface area contributed by atoms with E-state index >= 15 is 0 Å². The van der Waals surface area contributed by atoms with Crippen molar-refractivity contribution in [3.05, 3.63) is 34.6 Å². The number of ether oxygens (including phenoxy) is 1. The summed E-state index contributed by atoms with van der Waals surface area (Å²) in [4.78, 5) is 0. The third kappa shape index (κ3) is 2.73. The van der Waals surface area contributed by atoms with E-state index in [1.165, 1.54) is 6.07 Å². The molecule has 4 heteroatoms. The van der Waals surface area contributed by atoms with E-state index in [2.05, 4.69) is 0 Å². The van der Waals surface area contributed by atoms with Crippen molar-refractivity contribution in [2.24, 2.45) is 5.92 Å². The smallest absolute Gasteiger partial charge is 0.141 e. The summed E-state index contributed by atoms with van der Waals surface area (Å²) in [5.74, 6) is -0.332. The van der Waals surface area contributed by atoms with E-state index in [0.29, 0.717) is 26.1 Å². The van der Waals surface area contributed by atoms with Gasteiger partial charge in [-0.15, -0.1) is 0 Å². The van der Waals surface area contributed by atoms with Gasteiger partial charge in [0.15, 0.2) is 0 Å². The molecular formula is C12H14ClFO2. The molecule has 1 aliphatic rings. The summed E-state index contributed by atoms with van der Waals surface area (Å²) in [7, 11) is 0. The lowest BCUT2D eigenvalue weighted by molar-refractivity contribution is -0.0350. The maximum atomic E-state index is 12.9. The molecule has 1 heterocycles. The Hall–Kier alpha value is -0.640. The van der Waals surface area contributed by atoms with Crippen LogP contribution < -0.4 is 0 Å². The predicted octanol–water partition coefficient (Wildman–Crippen LogP) is 2.42. The molecule has 0 aliphatic carbocycles. The second-order valence-electron chi connectivity index (χ2n) is 4.14. The predicted molar refractivity (Wildman–Crippen MR) is 60.0 cm³/mol. The molecule has 2 atom stereocenters. The molecule has 1 aromatic carbocycles. The summed E-state index contributed by atoms with van der Waals surface area (Å²) < 4.78 is 18.3. The van der Waals surface area contributed by atoms with Gasteiger partial charge < -0.3 is 9.84 Å². The Labute approximate surface area is 99.0 Å². The average Bonchev–Trinajstić information content (AvgIpc) is 2.27. The minimum Gasteiger partial charge on any atom is -0.393 e. The molecule has 1 saturated heterocycles. The molecule has 2 rings (SSSR count). The van der Waals surface area contributed by atoms with Gasteiger partial charge >= 0.3 is 0 Å². The van der Waals surface area contributed by atoms with Crippen molar-refractivity contribution in [1.29, 1.82) is 0 Å². The normalized spacial score (nSPS) is 25.7. The number of aliphatic hydroxyl groups excluding tert-OH is 1. The quantitative estimate of drug-likeness (QED) is 0.866.